The van der Waals surface area contributed by atoms with Crippen LogP contribution in [0.15, 0.2) is 24.4 Å². The maximum absolute atomic E-state index is 11.7. The first kappa shape index (κ1) is 16.1. The number of nitrogens with zero attached hydrogens (tertiary/aromatic N) is 2. The number of ether oxygens (including phenoxy) is 1. The van der Waals surface area contributed by atoms with Crippen molar-refractivity contribution >= 4 is 22.5 Å². The summed E-state index contributed by atoms with van der Waals surface area (Å²) in [6.45, 7) is 4.39. The van der Waals surface area contributed by atoms with Crippen LogP contribution >= 0.6 is 11.3 Å². The predicted molar refractivity (Wildman–Crippen MR) is 86.6 cm³/mol. The molecule has 0 aliphatic rings. The Morgan fingerprint density at radius 3 is 2.77 bits per heavy atom. The van der Waals surface area contributed by atoms with Crippen LogP contribution in [0.1, 0.15) is 30.2 Å². The lowest BCUT2D eigenvalue weighted by molar-refractivity contribution is 0.253. The number of hydrogen-bond donors (Lipinski definition) is 2. The standard InChI is InChI=1S/C15H19N3O3S/c1-9(2)13-7-17-15(22-13)18(14(16)20)8-10-4-5-11(19)12(6-10)21-3/h4-7,9,19H,8H2,1-3H3,(H2,16,20). The molecule has 0 spiro atoms. The van der Waals surface area contributed by atoms with Gasteiger partial charge in [-0.1, -0.05) is 19.9 Å². The summed E-state index contributed by atoms with van der Waals surface area (Å²) >= 11 is 1.44. The average molecular weight is 321 g/mol. The molecule has 0 saturated carbocycles. The lowest BCUT2D eigenvalue weighted by Crippen LogP contribution is -2.35. The summed E-state index contributed by atoms with van der Waals surface area (Å²) in [6.07, 6.45) is 1.76. The van der Waals surface area contributed by atoms with Gasteiger partial charge in [0.05, 0.1) is 13.7 Å². The molecule has 22 heavy (non-hydrogen) atoms. The van der Waals surface area contributed by atoms with Crippen LogP contribution < -0.4 is 15.4 Å². The third-order valence-corrected chi connectivity index (χ3v) is 4.48. The van der Waals surface area contributed by atoms with E-state index < -0.39 is 6.03 Å². The second-order valence-electron chi connectivity index (χ2n) is 5.13. The number of thiazole rings is 1. The normalized spacial score (nSPS) is 10.7. The van der Waals surface area contributed by atoms with Gasteiger partial charge in [-0.2, -0.15) is 0 Å². The van der Waals surface area contributed by atoms with Gasteiger partial charge in [-0.3, -0.25) is 4.90 Å². The van der Waals surface area contributed by atoms with Crippen LogP contribution in [0.5, 0.6) is 11.5 Å². The highest BCUT2D eigenvalue weighted by molar-refractivity contribution is 7.15. The number of amides is 2. The maximum Gasteiger partial charge on any atom is 0.321 e. The number of hydrogen-bond acceptors (Lipinski definition) is 5. The van der Waals surface area contributed by atoms with E-state index in [0.717, 1.165) is 10.4 Å². The highest BCUT2D eigenvalue weighted by Crippen LogP contribution is 2.31. The quantitative estimate of drug-likeness (QED) is 0.885. The number of primary amides is 1. The molecule has 2 rings (SSSR count). The van der Waals surface area contributed by atoms with Gasteiger partial charge in [0.2, 0.25) is 0 Å². The van der Waals surface area contributed by atoms with Crippen molar-refractivity contribution in [2.45, 2.75) is 26.3 Å². The highest BCUT2D eigenvalue weighted by atomic mass is 32.1. The van der Waals surface area contributed by atoms with Gasteiger partial charge in [-0.05, 0) is 23.6 Å². The molecule has 1 heterocycles. The van der Waals surface area contributed by atoms with Gasteiger partial charge in [-0.25, -0.2) is 9.78 Å². The van der Waals surface area contributed by atoms with Crippen LogP contribution in [0, 0.1) is 0 Å². The molecule has 0 unspecified atom stereocenters. The van der Waals surface area contributed by atoms with Gasteiger partial charge >= 0.3 is 6.03 Å². The van der Waals surface area contributed by atoms with Crippen LogP contribution in [-0.4, -0.2) is 23.2 Å². The van der Waals surface area contributed by atoms with Crippen molar-refractivity contribution in [1.82, 2.24) is 4.98 Å². The zero-order valence-corrected chi connectivity index (χ0v) is 13.6. The zero-order chi connectivity index (χ0) is 16.3. The van der Waals surface area contributed by atoms with Crippen molar-refractivity contribution in [2.75, 3.05) is 12.0 Å². The number of carbonyl (C=O) groups excluding carboxylic acids is 1. The van der Waals surface area contributed by atoms with Gasteiger partial charge in [0.25, 0.3) is 0 Å². The van der Waals surface area contributed by atoms with Crippen LogP contribution in [0.2, 0.25) is 0 Å². The average Bonchev–Trinajstić information content (AvgIpc) is 2.95. The summed E-state index contributed by atoms with van der Waals surface area (Å²) in [4.78, 5) is 18.5. The van der Waals surface area contributed by atoms with E-state index in [9.17, 15) is 9.90 Å². The fraction of sp³-hybridized carbons (Fsp3) is 0.333. The van der Waals surface area contributed by atoms with Gasteiger partial charge in [0.1, 0.15) is 0 Å². The molecule has 118 valence electrons. The molecule has 0 atom stereocenters. The molecule has 0 bridgehead atoms. The Balaban J connectivity index is 2.27. The van der Waals surface area contributed by atoms with Crippen molar-refractivity contribution < 1.29 is 14.6 Å². The minimum atomic E-state index is -0.573. The van der Waals surface area contributed by atoms with E-state index in [1.165, 1.54) is 29.4 Å². The fourth-order valence-corrected chi connectivity index (χ4v) is 2.83. The van der Waals surface area contributed by atoms with Crippen molar-refractivity contribution in [3.8, 4) is 11.5 Å². The summed E-state index contributed by atoms with van der Waals surface area (Å²) in [5.74, 6) is 0.742. The van der Waals surface area contributed by atoms with Gasteiger partial charge < -0.3 is 15.6 Å². The minimum absolute atomic E-state index is 0.0493. The summed E-state index contributed by atoms with van der Waals surface area (Å²) < 4.78 is 5.07. The van der Waals surface area contributed by atoms with Crippen molar-refractivity contribution in [1.29, 1.82) is 0 Å². The first-order valence-corrected chi connectivity index (χ1v) is 7.62. The van der Waals surface area contributed by atoms with E-state index in [0.29, 0.717) is 16.8 Å². The van der Waals surface area contributed by atoms with Gasteiger partial charge in [-0.15, -0.1) is 11.3 Å². The second kappa shape index (κ2) is 6.65. The second-order valence-corrected chi connectivity index (χ2v) is 6.17. The fourth-order valence-electron chi connectivity index (χ4n) is 1.91. The minimum Gasteiger partial charge on any atom is -0.504 e. The van der Waals surface area contributed by atoms with E-state index in [1.54, 1.807) is 18.3 Å². The van der Waals surface area contributed by atoms with E-state index in [2.05, 4.69) is 18.8 Å². The number of aromatic nitrogens is 1. The van der Waals surface area contributed by atoms with Crippen LogP contribution in [0.25, 0.3) is 0 Å². The summed E-state index contributed by atoms with van der Waals surface area (Å²) in [5.41, 5.74) is 6.26. The van der Waals surface area contributed by atoms with Crippen molar-refractivity contribution in [3.05, 3.63) is 34.8 Å². The molecule has 0 fully saturated rings. The third kappa shape index (κ3) is 3.48. The summed E-state index contributed by atoms with van der Waals surface area (Å²) in [7, 11) is 1.47. The number of aromatic hydroxyl groups is 1. The number of benzene rings is 1. The number of nitrogens with two attached hydrogens (primary N) is 1. The Kier molecular flexibility index (Phi) is 4.87. The molecule has 0 aliphatic carbocycles. The molecule has 3 N–H and O–H groups in total. The number of phenols is 1. The molecule has 0 saturated heterocycles. The predicted octanol–water partition coefficient (Wildman–Crippen LogP) is 3.07. The molecule has 0 aliphatic heterocycles. The summed E-state index contributed by atoms with van der Waals surface area (Å²) in [5, 5.41) is 10.2. The Hall–Kier alpha value is -2.28. The maximum atomic E-state index is 11.7. The monoisotopic (exact) mass is 321 g/mol. The first-order chi connectivity index (χ1) is 10.4. The largest absolute Gasteiger partial charge is 0.504 e. The Morgan fingerprint density at radius 2 is 2.23 bits per heavy atom. The van der Waals surface area contributed by atoms with Crippen LogP contribution in [0.4, 0.5) is 9.93 Å². The van der Waals surface area contributed by atoms with Gasteiger partial charge in [0.15, 0.2) is 16.6 Å². The van der Waals surface area contributed by atoms with E-state index in [-0.39, 0.29) is 12.3 Å². The molecular weight excluding hydrogens is 302 g/mol. The molecular formula is C15H19N3O3S. The summed E-state index contributed by atoms with van der Waals surface area (Å²) in [6, 6.07) is 4.33. The van der Waals surface area contributed by atoms with Gasteiger partial charge in [0, 0.05) is 11.1 Å². The smallest absolute Gasteiger partial charge is 0.321 e. The molecule has 1 aromatic heterocycles. The zero-order valence-electron chi connectivity index (χ0n) is 12.7. The van der Waals surface area contributed by atoms with Crippen molar-refractivity contribution in [3.63, 3.8) is 0 Å². The molecule has 2 aromatic rings. The molecule has 2 amide bonds. The number of urea groups is 1. The Morgan fingerprint density at radius 1 is 1.50 bits per heavy atom. The third-order valence-electron chi connectivity index (χ3n) is 3.16. The molecule has 0 radical (unpaired) electrons. The Bertz CT molecular complexity index is 670. The van der Waals surface area contributed by atoms with Crippen molar-refractivity contribution in [2.24, 2.45) is 5.73 Å². The first-order valence-electron chi connectivity index (χ1n) is 6.81. The number of rotatable bonds is 5. The van der Waals surface area contributed by atoms with E-state index in [4.69, 9.17) is 10.5 Å². The molecule has 7 heteroatoms. The molecule has 6 nitrogen and oxygen atoms in total. The van der Waals surface area contributed by atoms with Crippen LogP contribution in [-0.2, 0) is 6.54 Å². The lowest BCUT2D eigenvalue weighted by atomic mass is 10.2. The van der Waals surface area contributed by atoms with Crippen LogP contribution in [0.3, 0.4) is 0 Å². The number of carbonyl (C=O) groups is 1. The lowest BCUT2D eigenvalue weighted by Gasteiger charge is -2.18. The molecule has 1 aromatic carbocycles. The topological polar surface area (TPSA) is 88.7 Å². The number of phenolic OH excluding ortho intramolecular Hbond substituents is 1. The Labute approximate surface area is 133 Å². The highest BCUT2D eigenvalue weighted by Gasteiger charge is 2.18. The number of methoxy groups -OCH3 is 1. The van der Waals surface area contributed by atoms with E-state index in [1.807, 2.05) is 0 Å². The van der Waals surface area contributed by atoms with E-state index >= 15 is 0 Å². The SMILES string of the molecule is COc1cc(CN(C(N)=O)c2ncc(C(C)C)s2)ccc1O. The number of anilines is 1.